The Morgan fingerprint density at radius 2 is 2.03 bits per heavy atom. The lowest BCUT2D eigenvalue weighted by Gasteiger charge is -2.35. The van der Waals surface area contributed by atoms with Gasteiger partial charge >= 0.3 is 0 Å². The van der Waals surface area contributed by atoms with E-state index in [2.05, 4.69) is 47.3 Å². The molecule has 2 aromatic rings. The normalized spacial score (nSPS) is 18.5. The van der Waals surface area contributed by atoms with Gasteiger partial charge in [-0.3, -0.25) is 9.20 Å². The number of hydrogen-bond donors (Lipinski definition) is 1. The molecule has 1 N–H and O–H groups in total. The van der Waals surface area contributed by atoms with Crippen LogP contribution in [0.3, 0.4) is 0 Å². The predicted molar refractivity (Wildman–Crippen MR) is 121 cm³/mol. The van der Waals surface area contributed by atoms with Crippen molar-refractivity contribution < 1.29 is 8.95 Å². The zero-order valence-corrected chi connectivity index (χ0v) is 18.4. The molecule has 0 spiro atoms. The molecule has 0 bridgehead atoms. The summed E-state index contributed by atoms with van der Waals surface area (Å²) in [5.74, 6) is 2.03. The number of ether oxygens (including phenoxy) is 1. The van der Waals surface area contributed by atoms with E-state index < -0.39 is 10.8 Å². The van der Waals surface area contributed by atoms with E-state index in [1.165, 1.54) is 16.7 Å². The lowest BCUT2D eigenvalue weighted by Crippen LogP contribution is -2.49. The topological polar surface area (TPSA) is 53.9 Å². The van der Waals surface area contributed by atoms with Crippen LogP contribution in [0, 0.1) is 13.8 Å². The summed E-state index contributed by atoms with van der Waals surface area (Å²) in [5, 5.41) is 3.38. The third kappa shape index (κ3) is 6.15. The molecule has 1 fully saturated rings. The van der Waals surface area contributed by atoms with E-state index in [0.717, 1.165) is 24.6 Å². The first-order valence-electron chi connectivity index (χ1n) is 10.1. The first-order valence-corrected chi connectivity index (χ1v) is 11.6. The van der Waals surface area contributed by atoms with Gasteiger partial charge in [0.15, 0.2) is 5.96 Å². The van der Waals surface area contributed by atoms with Crippen LogP contribution in [0.25, 0.3) is 0 Å². The highest BCUT2D eigenvalue weighted by molar-refractivity contribution is 7.84. The Labute approximate surface area is 176 Å². The molecule has 0 amide bonds. The van der Waals surface area contributed by atoms with E-state index in [4.69, 9.17) is 4.74 Å². The molecule has 1 aliphatic rings. The van der Waals surface area contributed by atoms with Crippen LogP contribution in [0.4, 0.5) is 0 Å². The molecular formula is C23H31N3O2S. The van der Waals surface area contributed by atoms with Gasteiger partial charge in [-0.2, -0.15) is 0 Å². The zero-order chi connectivity index (χ0) is 20.6. The van der Waals surface area contributed by atoms with Gasteiger partial charge in [0, 0.05) is 42.4 Å². The molecule has 156 valence electrons. The van der Waals surface area contributed by atoms with Crippen molar-refractivity contribution in [3.63, 3.8) is 0 Å². The SMILES string of the molecule is CN=C(NCCS(=O)Cc1ccccc1)N1CCOC(c2ccc(C)cc2C)C1. The molecule has 6 heteroatoms. The number of nitrogens with one attached hydrogen (secondary N) is 1. The van der Waals surface area contributed by atoms with Crippen molar-refractivity contribution in [2.24, 2.45) is 4.99 Å². The first-order chi connectivity index (χ1) is 14.1. The second-order valence-corrected chi connectivity index (χ2v) is 8.99. The van der Waals surface area contributed by atoms with Gasteiger partial charge in [0.2, 0.25) is 0 Å². The number of nitrogens with zero attached hydrogens (tertiary/aromatic N) is 2. The van der Waals surface area contributed by atoms with Crippen LogP contribution in [0.15, 0.2) is 53.5 Å². The van der Waals surface area contributed by atoms with Crippen LogP contribution in [0.5, 0.6) is 0 Å². The summed E-state index contributed by atoms with van der Waals surface area (Å²) < 4.78 is 18.4. The number of rotatable bonds is 6. The summed E-state index contributed by atoms with van der Waals surface area (Å²) >= 11 is 0. The van der Waals surface area contributed by atoms with E-state index in [1.54, 1.807) is 7.05 Å². The molecule has 0 radical (unpaired) electrons. The van der Waals surface area contributed by atoms with E-state index >= 15 is 0 Å². The van der Waals surface area contributed by atoms with Gasteiger partial charge < -0.3 is 15.0 Å². The zero-order valence-electron chi connectivity index (χ0n) is 17.6. The Morgan fingerprint density at radius 3 is 2.76 bits per heavy atom. The molecule has 5 nitrogen and oxygen atoms in total. The summed E-state index contributed by atoms with van der Waals surface area (Å²) in [6.45, 7) is 7.11. The Hall–Kier alpha value is -2.18. The first kappa shape index (κ1) is 21.5. The molecule has 2 aromatic carbocycles. The fraction of sp³-hybridized carbons (Fsp3) is 0.435. The van der Waals surface area contributed by atoms with Crippen LogP contribution in [-0.2, 0) is 21.3 Å². The molecule has 0 aliphatic carbocycles. The molecule has 1 saturated heterocycles. The molecule has 2 unspecified atom stereocenters. The number of morpholine rings is 1. The van der Waals surface area contributed by atoms with E-state index in [9.17, 15) is 4.21 Å². The van der Waals surface area contributed by atoms with Crippen molar-refractivity contribution in [3.8, 4) is 0 Å². The number of aliphatic imine (C=N–C) groups is 1. The van der Waals surface area contributed by atoms with Crippen LogP contribution in [0.2, 0.25) is 0 Å². The average Bonchev–Trinajstić information content (AvgIpc) is 2.72. The predicted octanol–water partition coefficient (Wildman–Crippen LogP) is 3.20. The number of aryl methyl sites for hydroxylation is 2. The molecule has 1 aliphatic heterocycles. The molecule has 29 heavy (non-hydrogen) atoms. The van der Waals surface area contributed by atoms with E-state index in [-0.39, 0.29) is 6.10 Å². The van der Waals surface area contributed by atoms with E-state index in [0.29, 0.717) is 24.7 Å². The summed E-state index contributed by atoms with van der Waals surface area (Å²) in [4.78, 5) is 6.66. The highest BCUT2D eigenvalue weighted by atomic mass is 32.2. The van der Waals surface area contributed by atoms with Crippen LogP contribution in [0.1, 0.15) is 28.4 Å². The van der Waals surface area contributed by atoms with Crippen LogP contribution in [-0.4, -0.2) is 54.1 Å². The molecule has 3 rings (SSSR count). The minimum atomic E-state index is -0.897. The van der Waals surface area contributed by atoms with Gasteiger partial charge in [0.05, 0.1) is 13.2 Å². The monoisotopic (exact) mass is 413 g/mol. The smallest absolute Gasteiger partial charge is 0.193 e. The molecule has 0 aromatic heterocycles. The number of benzene rings is 2. The minimum absolute atomic E-state index is 0.0371. The van der Waals surface area contributed by atoms with Crippen molar-refractivity contribution in [1.82, 2.24) is 10.2 Å². The summed E-state index contributed by atoms with van der Waals surface area (Å²) in [7, 11) is 0.899. The average molecular weight is 414 g/mol. The maximum absolute atomic E-state index is 12.4. The Morgan fingerprint density at radius 1 is 1.24 bits per heavy atom. The van der Waals surface area contributed by atoms with Crippen molar-refractivity contribution in [2.75, 3.05) is 39.0 Å². The fourth-order valence-corrected chi connectivity index (χ4v) is 4.70. The fourth-order valence-electron chi connectivity index (χ4n) is 3.66. The molecular weight excluding hydrogens is 382 g/mol. The standard InChI is InChI=1S/C23H31N3O2S/c1-18-9-10-21(19(2)15-18)22-16-26(12-13-28-22)23(24-3)25-11-14-29(27)17-20-7-5-4-6-8-20/h4-10,15,22H,11-14,16-17H2,1-3H3,(H,24,25). The quantitative estimate of drug-likeness (QED) is 0.584. The lowest BCUT2D eigenvalue weighted by molar-refractivity contribution is -0.00827. The molecule has 0 saturated carbocycles. The summed E-state index contributed by atoms with van der Waals surface area (Å²) in [6, 6.07) is 16.5. The van der Waals surface area contributed by atoms with Gasteiger partial charge in [0.25, 0.3) is 0 Å². The summed E-state index contributed by atoms with van der Waals surface area (Å²) in [6.07, 6.45) is 0.0371. The highest BCUT2D eigenvalue weighted by Gasteiger charge is 2.25. The van der Waals surface area contributed by atoms with Crippen molar-refractivity contribution in [3.05, 3.63) is 70.8 Å². The van der Waals surface area contributed by atoms with Gasteiger partial charge in [-0.25, -0.2) is 0 Å². The largest absolute Gasteiger partial charge is 0.370 e. The van der Waals surface area contributed by atoms with Gasteiger partial charge in [-0.05, 0) is 30.5 Å². The van der Waals surface area contributed by atoms with Crippen molar-refractivity contribution in [2.45, 2.75) is 25.7 Å². The molecule has 1 heterocycles. The van der Waals surface area contributed by atoms with Crippen LogP contribution < -0.4 is 5.32 Å². The number of hydrogen-bond acceptors (Lipinski definition) is 3. The van der Waals surface area contributed by atoms with Crippen LogP contribution >= 0.6 is 0 Å². The molecule has 2 atom stereocenters. The minimum Gasteiger partial charge on any atom is -0.370 e. The van der Waals surface area contributed by atoms with Gasteiger partial charge in [0.1, 0.15) is 6.10 Å². The second kappa shape index (κ2) is 10.6. The third-order valence-corrected chi connectivity index (χ3v) is 6.45. The van der Waals surface area contributed by atoms with Gasteiger partial charge in [-0.15, -0.1) is 0 Å². The van der Waals surface area contributed by atoms with E-state index in [1.807, 2.05) is 30.3 Å². The second-order valence-electron chi connectivity index (χ2n) is 7.41. The maximum Gasteiger partial charge on any atom is 0.193 e. The lowest BCUT2D eigenvalue weighted by atomic mass is 10.00. The maximum atomic E-state index is 12.4. The van der Waals surface area contributed by atoms with Crippen molar-refractivity contribution in [1.29, 1.82) is 0 Å². The Balaban J connectivity index is 1.52. The third-order valence-electron chi connectivity index (χ3n) is 5.13. The Kier molecular flexibility index (Phi) is 7.83. The highest BCUT2D eigenvalue weighted by Crippen LogP contribution is 2.25. The van der Waals surface area contributed by atoms with Crippen molar-refractivity contribution >= 4 is 16.8 Å². The van der Waals surface area contributed by atoms with Gasteiger partial charge in [-0.1, -0.05) is 54.1 Å². The number of guanidine groups is 1. The Bertz CT molecular complexity index is 854. The summed E-state index contributed by atoms with van der Waals surface area (Å²) in [5.41, 5.74) is 4.87.